The van der Waals surface area contributed by atoms with Crippen LogP contribution < -0.4 is 10.0 Å². The van der Waals surface area contributed by atoms with Crippen LogP contribution in [0.25, 0.3) is 10.8 Å². The normalized spacial score (nSPS) is 17.9. The molecule has 0 spiro atoms. The summed E-state index contributed by atoms with van der Waals surface area (Å²) in [5.41, 5.74) is 1.51. The van der Waals surface area contributed by atoms with E-state index in [-0.39, 0.29) is 28.6 Å². The Balaban J connectivity index is 1.62. The molecule has 31 heavy (non-hydrogen) atoms. The third kappa shape index (κ3) is 4.05. The number of aliphatic imine (C=N–C) groups is 1. The van der Waals surface area contributed by atoms with Gasteiger partial charge in [0.15, 0.2) is 0 Å². The lowest BCUT2D eigenvalue weighted by Crippen LogP contribution is -2.39. The summed E-state index contributed by atoms with van der Waals surface area (Å²) in [4.78, 5) is 17.9. The van der Waals surface area contributed by atoms with Gasteiger partial charge in [0, 0.05) is 5.56 Å². The van der Waals surface area contributed by atoms with Crippen molar-refractivity contribution < 1.29 is 13.2 Å². The number of amides is 1. The zero-order valence-corrected chi connectivity index (χ0v) is 18.5. The molecule has 0 radical (unpaired) electrons. The minimum absolute atomic E-state index is 0.121. The summed E-state index contributed by atoms with van der Waals surface area (Å²) < 4.78 is 27.2. The summed E-state index contributed by atoms with van der Waals surface area (Å²) in [7, 11) is -3.65. The molecule has 3 aromatic carbocycles. The van der Waals surface area contributed by atoms with E-state index in [1.54, 1.807) is 18.2 Å². The Morgan fingerprint density at radius 2 is 1.61 bits per heavy atom. The average Bonchev–Trinajstić information content (AvgIpc) is 3.01. The minimum atomic E-state index is -3.65. The lowest BCUT2D eigenvalue weighted by atomic mass is 9.98. The summed E-state index contributed by atoms with van der Waals surface area (Å²) in [6, 6.07) is 19.8. The van der Waals surface area contributed by atoms with Crippen molar-refractivity contribution in [3.8, 4) is 0 Å². The van der Waals surface area contributed by atoms with Crippen LogP contribution in [0.1, 0.15) is 37.9 Å². The van der Waals surface area contributed by atoms with E-state index in [4.69, 9.17) is 0 Å². The highest BCUT2D eigenvalue weighted by atomic mass is 32.2. The van der Waals surface area contributed by atoms with E-state index in [0.29, 0.717) is 5.56 Å². The minimum Gasteiger partial charge on any atom is -0.348 e. The summed E-state index contributed by atoms with van der Waals surface area (Å²) in [6.07, 6.45) is 0. The van der Waals surface area contributed by atoms with Crippen molar-refractivity contribution in [2.24, 2.45) is 10.9 Å². The first-order valence-electron chi connectivity index (χ1n) is 10.3. The standard InChI is InChI=1S/C24H25N3O3S/c1-15(2)22(26-23-20-12-6-7-14-21(20)31(29,30)27-23)24(28)25-16(3)18-13-8-10-17-9-4-5-11-19(17)18/h4-16,22H,1-3H3,(H,25,28)(H,26,27)/t16?,22-/m0/s1. The first-order chi connectivity index (χ1) is 14.8. The first-order valence-corrected chi connectivity index (χ1v) is 11.7. The van der Waals surface area contributed by atoms with E-state index < -0.39 is 16.1 Å². The number of rotatable bonds is 5. The molecule has 4 rings (SSSR count). The highest BCUT2D eigenvalue weighted by Crippen LogP contribution is 2.26. The molecule has 0 fully saturated rings. The Bertz CT molecular complexity index is 1280. The number of sulfonamides is 1. The van der Waals surface area contributed by atoms with Gasteiger partial charge in [0.25, 0.3) is 10.0 Å². The Kier molecular flexibility index (Phi) is 5.54. The Hall–Kier alpha value is -3.19. The maximum atomic E-state index is 13.2. The van der Waals surface area contributed by atoms with Crippen LogP contribution in [0.15, 0.2) is 76.6 Å². The summed E-state index contributed by atoms with van der Waals surface area (Å²) >= 11 is 0. The van der Waals surface area contributed by atoms with Crippen molar-refractivity contribution in [2.45, 2.75) is 37.8 Å². The zero-order valence-electron chi connectivity index (χ0n) is 17.7. The second-order valence-electron chi connectivity index (χ2n) is 8.07. The van der Waals surface area contributed by atoms with Crippen molar-refractivity contribution >= 4 is 32.5 Å². The van der Waals surface area contributed by atoms with Gasteiger partial charge in [-0.25, -0.2) is 8.42 Å². The van der Waals surface area contributed by atoms with E-state index in [2.05, 4.69) is 15.0 Å². The molecule has 0 saturated heterocycles. The molecular weight excluding hydrogens is 410 g/mol. The van der Waals surface area contributed by atoms with Gasteiger partial charge < -0.3 is 5.32 Å². The SMILES string of the molecule is CC(NC(=O)[C@@H](N=C1NS(=O)(=O)c2ccccc21)C(C)C)c1cccc2ccccc12. The second-order valence-corrected chi connectivity index (χ2v) is 9.72. The van der Waals surface area contributed by atoms with Gasteiger partial charge in [0.1, 0.15) is 11.9 Å². The summed E-state index contributed by atoms with van der Waals surface area (Å²) in [5.74, 6) is -0.154. The van der Waals surface area contributed by atoms with E-state index >= 15 is 0 Å². The van der Waals surface area contributed by atoms with Crippen LogP contribution in [0.3, 0.4) is 0 Å². The molecule has 3 aromatic rings. The Morgan fingerprint density at radius 1 is 0.935 bits per heavy atom. The van der Waals surface area contributed by atoms with Crippen LogP contribution >= 0.6 is 0 Å². The molecule has 1 amide bonds. The molecular formula is C24H25N3O3S. The number of hydrogen-bond donors (Lipinski definition) is 2. The Morgan fingerprint density at radius 3 is 2.39 bits per heavy atom. The molecule has 7 heteroatoms. The number of amidine groups is 1. The molecule has 2 N–H and O–H groups in total. The number of carbonyl (C=O) groups is 1. The molecule has 1 aliphatic rings. The molecule has 1 heterocycles. The lowest BCUT2D eigenvalue weighted by molar-refractivity contribution is -0.123. The lowest BCUT2D eigenvalue weighted by Gasteiger charge is -2.22. The summed E-state index contributed by atoms with van der Waals surface area (Å²) in [6.45, 7) is 5.73. The molecule has 1 unspecified atom stereocenters. The smallest absolute Gasteiger partial charge is 0.263 e. The van der Waals surface area contributed by atoms with Gasteiger partial charge in [-0.05, 0) is 41.3 Å². The third-order valence-electron chi connectivity index (χ3n) is 5.48. The predicted octanol–water partition coefficient (Wildman–Crippen LogP) is 3.78. The van der Waals surface area contributed by atoms with E-state index in [1.807, 2.05) is 63.2 Å². The van der Waals surface area contributed by atoms with Gasteiger partial charge in [0.05, 0.1) is 10.9 Å². The van der Waals surface area contributed by atoms with Gasteiger partial charge >= 0.3 is 0 Å². The van der Waals surface area contributed by atoms with E-state index in [0.717, 1.165) is 16.3 Å². The number of benzene rings is 3. The first kappa shape index (κ1) is 21.1. The van der Waals surface area contributed by atoms with Crippen LogP contribution in [-0.4, -0.2) is 26.2 Å². The largest absolute Gasteiger partial charge is 0.348 e. The number of hydrogen-bond acceptors (Lipinski definition) is 4. The maximum Gasteiger partial charge on any atom is 0.263 e. The molecule has 0 aliphatic carbocycles. The quantitative estimate of drug-likeness (QED) is 0.639. The third-order valence-corrected chi connectivity index (χ3v) is 6.88. The topological polar surface area (TPSA) is 87.6 Å². The average molecular weight is 436 g/mol. The fourth-order valence-corrected chi connectivity index (χ4v) is 5.12. The van der Waals surface area contributed by atoms with Gasteiger partial charge in [-0.3, -0.25) is 14.5 Å². The van der Waals surface area contributed by atoms with Crippen molar-refractivity contribution in [3.05, 3.63) is 77.9 Å². The van der Waals surface area contributed by atoms with E-state index in [9.17, 15) is 13.2 Å². The van der Waals surface area contributed by atoms with Crippen molar-refractivity contribution in [3.63, 3.8) is 0 Å². The van der Waals surface area contributed by atoms with Crippen molar-refractivity contribution in [1.82, 2.24) is 10.0 Å². The van der Waals surface area contributed by atoms with Gasteiger partial charge in [-0.15, -0.1) is 0 Å². The van der Waals surface area contributed by atoms with Crippen molar-refractivity contribution in [2.75, 3.05) is 0 Å². The van der Waals surface area contributed by atoms with Crippen LogP contribution in [0.4, 0.5) is 0 Å². The number of carbonyl (C=O) groups excluding carboxylic acids is 1. The molecule has 160 valence electrons. The van der Waals surface area contributed by atoms with E-state index in [1.165, 1.54) is 6.07 Å². The molecule has 2 atom stereocenters. The monoisotopic (exact) mass is 435 g/mol. The molecule has 6 nitrogen and oxygen atoms in total. The number of nitrogens with one attached hydrogen (secondary N) is 2. The van der Waals surface area contributed by atoms with Gasteiger partial charge in [0.2, 0.25) is 5.91 Å². The fourth-order valence-electron chi connectivity index (χ4n) is 3.88. The highest BCUT2D eigenvalue weighted by molar-refractivity contribution is 7.90. The van der Waals surface area contributed by atoms with Gasteiger partial charge in [-0.2, -0.15) is 0 Å². The summed E-state index contributed by atoms with van der Waals surface area (Å²) in [5, 5.41) is 5.26. The van der Waals surface area contributed by atoms with Crippen LogP contribution in [0.5, 0.6) is 0 Å². The second kappa shape index (κ2) is 8.15. The van der Waals surface area contributed by atoms with Crippen LogP contribution in [0, 0.1) is 5.92 Å². The number of fused-ring (bicyclic) bond motifs is 2. The number of nitrogens with zero attached hydrogens (tertiary/aromatic N) is 1. The Labute approximate surface area is 182 Å². The van der Waals surface area contributed by atoms with Crippen LogP contribution in [-0.2, 0) is 14.8 Å². The van der Waals surface area contributed by atoms with Crippen molar-refractivity contribution in [1.29, 1.82) is 0 Å². The predicted molar refractivity (Wildman–Crippen MR) is 122 cm³/mol. The zero-order chi connectivity index (χ0) is 22.2. The molecule has 0 bridgehead atoms. The van der Waals surface area contributed by atoms with Gasteiger partial charge in [-0.1, -0.05) is 68.4 Å². The molecule has 0 aromatic heterocycles. The highest BCUT2D eigenvalue weighted by Gasteiger charge is 2.33. The fraction of sp³-hybridized carbons (Fsp3) is 0.250. The molecule has 0 saturated carbocycles. The molecule has 1 aliphatic heterocycles. The van der Waals surface area contributed by atoms with Crippen LogP contribution in [0.2, 0.25) is 0 Å². The maximum absolute atomic E-state index is 13.2.